The first kappa shape index (κ1) is 13.4. The van der Waals surface area contributed by atoms with Crippen molar-refractivity contribution in [3.05, 3.63) is 6.20 Å². The summed E-state index contributed by atoms with van der Waals surface area (Å²) in [6, 6.07) is 0. The van der Waals surface area contributed by atoms with Crippen LogP contribution in [-0.2, 0) is 16.6 Å². The fourth-order valence-electron chi connectivity index (χ4n) is 1.71. The minimum atomic E-state index is -3.54. The number of rotatable bonds is 6. The van der Waals surface area contributed by atoms with E-state index >= 15 is 0 Å². The molecule has 1 aromatic heterocycles. The van der Waals surface area contributed by atoms with E-state index in [0.29, 0.717) is 13.1 Å². The Morgan fingerprint density at radius 3 is 2.78 bits per heavy atom. The van der Waals surface area contributed by atoms with Crippen LogP contribution in [0.25, 0.3) is 0 Å². The molecular weight excluding hydrogens is 252 g/mol. The average molecular weight is 272 g/mol. The van der Waals surface area contributed by atoms with Crippen molar-refractivity contribution < 1.29 is 8.42 Å². The molecule has 0 unspecified atom stereocenters. The van der Waals surface area contributed by atoms with Gasteiger partial charge in [-0.2, -0.15) is 5.10 Å². The SMILES string of the molecule is CCCn1cc(S(=O)(=O)NCC2(C)CC2)c(N)n1. The predicted molar refractivity (Wildman–Crippen MR) is 69.5 cm³/mol. The van der Waals surface area contributed by atoms with Gasteiger partial charge >= 0.3 is 0 Å². The highest BCUT2D eigenvalue weighted by Crippen LogP contribution is 2.44. The summed E-state index contributed by atoms with van der Waals surface area (Å²) in [5.74, 6) is 0.0666. The van der Waals surface area contributed by atoms with E-state index in [1.165, 1.54) is 6.20 Å². The molecule has 0 radical (unpaired) electrons. The Bertz CT molecular complexity index is 531. The van der Waals surface area contributed by atoms with Gasteiger partial charge in [-0.15, -0.1) is 0 Å². The molecule has 0 bridgehead atoms. The molecule has 0 amide bonds. The molecule has 0 spiro atoms. The van der Waals surface area contributed by atoms with Crippen LogP contribution in [0.15, 0.2) is 11.1 Å². The summed E-state index contributed by atoms with van der Waals surface area (Å²) in [6.07, 6.45) is 4.52. The van der Waals surface area contributed by atoms with Gasteiger partial charge in [0.25, 0.3) is 0 Å². The number of sulfonamides is 1. The quantitative estimate of drug-likeness (QED) is 0.807. The molecule has 1 aliphatic carbocycles. The molecule has 3 N–H and O–H groups in total. The van der Waals surface area contributed by atoms with Gasteiger partial charge in [-0.1, -0.05) is 13.8 Å². The molecule has 1 aliphatic rings. The first-order valence-corrected chi connectivity index (χ1v) is 7.67. The minimum absolute atomic E-state index is 0.0666. The third kappa shape index (κ3) is 2.84. The molecule has 0 aliphatic heterocycles. The van der Waals surface area contributed by atoms with Crippen molar-refractivity contribution in [1.29, 1.82) is 0 Å². The van der Waals surface area contributed by atoms with Crippen LogP contribution in [0.2, 0.25) is 0 Å². The maximum atomic E-state index is 12.1. The van der Waals surface area contributed by atoms with Crippen molar-refractivity contribution in [1.82, 2.24) is 14.5 Å². The summed E-state index contributed by atoms with van der Waals surface area (Å²) >= 11 is 0. The molecule has 2 rings (SSSR count). The molecule has 7 heteroatoms. The highest BCUT2D eigenvalue weighted by molar-refractivity contribution is 7.89. The molecule has 0 saturated heterocycles. The summed E-state index contributed by atoms with van der Waals surface area (Å²) in [7, 11) is -3.54. The van der Waals surface area contributed by atoms with Crippen LogP contribution < -0.4 is 10.5 Å². The zero-order valence-corrected chi connectivity index (χ0v) is 11.6. The van der Waals surface area contributed by atoms with Crippen LogP contribution in [0.3, 0.4) is 0 Å². The summed E-state index contributed by atoms with van der Waals surface area (Å²) in [4.78, 5) is 0.0835. The molecular formula is C11H20N4O2S. The fraction of sp³-hybridized carbons (Fsp3) is 0.727. The number of hydrogen-bond acceptors (Lipinski definition) is 4. The maximum absolute atomic E-state index is 12.1. The summed E-state index contributed by atoms with van der Waals surface area (Å²) in [5, 5.41) is 4.00. The van der Waals surface area contributed by atoms with Crippen molar-refractivity contribution in [2.75, 3.05) is 12.3 Å². The van der Waals surface area contributed by atoms with E-state index in [0.717, 1.165) is 19.3 Å². The largest absolute Gasteiger partial charge is 0.381 e. The van der Waals surface area contributed by atoms with Crippen molar-refractivity contribution >= 4 is 15.8 Å². The number of nitrogens with zero attached hydrogens (tertiary/aromatic N) is 2. The fourth-order valence-corrected chi connectivity index (χ4v) is 2.98. The van der Waals surface area contributed by atoms with Gasteiger partial charge in [0.2, 0.25) is 10.0 Å². The van der Waals surface area contributed by atoms with Gasteiger partial charge in [0.05, 0.1) is 0 Å². The first-order chi connectivity index (χ1) is 8.36. The van der Waals surface area contributed by atoms with Crippen LogP contribution in [0.1, 0.15) is 33.1 Å². The molecule has 1 saturated carbocycles. The van der Waals surface area contributed by atoms with E-state index in [-0.39, 0.29) is 16.1 Å². The molecule has 1 fully saturated rings. The Kier molecular flexibility index (Phi) is 3.37. The Morgan fingerprint density at radius 2 is 2.22 bits per heavy atom. The minimum Gasteiger partial charge on any atom is -0.381 e. The van der Waals surface area contributed by atoms with Crippen molar-refractivity contribution in [3.8, 4) is 0 Å². The Labute approximate surface area is 108 Å². The number of aromatic nitrogens is 2. The average Bonchev–Trinajstić information content (AvgIpc) is 2.90. The van der Waals surface area contributed by atoms with Gasteiger partial charge in [0, 0.05) is 19.3 Å². The smallest absolute Gasteiger partial charge is 0.245 e. The lowest BCUT2D eigenvalue weighted by Gasteiger charge is -2.09. The Balaban J connectivity index is 2.13. The lowest BCUT2D eigenvalue weighted by Crippen LogP contribution is -2.29. The summed E-state index contributed by atoms with van der Waals surface area (Å²) in [5.41, 5.74) is 5.79. The van der Waals surface area contributed by atoms with Crippen molar-refractivity contribution in [3.63, 3.8) is 0 Å². The van der Waals surface area contributed by atoms with E-state index in [9.17, 15) is 8.42 Å². The van der Waals surface area contributed by atoms with Crippen molar-refractivity contribution in [2.24, 2.45) is 5.41 Å². The zero-order valence-electron chi connectivity index (χ0n) is 10.8. The number of nitrogens with two attached hydrogens (primary N) is 1. The van der Waals surface area contributed by atoms with Gasteiger partial charge in [-0.3, -0.25) is 4.68 Å². The highest BCUT2D eigenvalue weighted by atomic mass is 32.2. The summed E-state index contributed by atoms with van der Waals surface area (Å²) < 4.78 is 28.4. The Morgan fingerprint density at radius 1 is 1.56 bits per heavy atom. The maximum Gasteiger partial charge on any atom is 0.245 e. The second kappa shape index (κ2) is 4.55. The third-order valence-corrected chi connectivity index (χ3v) is 4.71. The normalized spacial score (nSPS) is 17.9. The molecule has 6 nitrogen and oxygen atoms in total. The number of hydrogen-bond donors (Lipinski definition) is 2. The van der Waals surface area contributed by atoms with Crippen LogP contribution in [0.4, 0.5) is 5.82 Å². The van der Waals surface area contributed by atoms with Crippen molar-refractivity contribution in [2.45, 2.75) is 44.6 Å². The van der Waals surface area contributed by atoms with Crippen LogP contribution in [0.5, 0.6) is 0 Å². The number of nitrogen functional groups attached to an aromatic ring is 1. The summed E-state index contributed by atoms with van der Waals surface area (Å²) in [6.45, 7) is 5.20. The Hall–Kier alpha value is -1.08. The van der Waals surface area contributed by atoms with Crippen LogP contribution in [-0.4, -0.2) is 24.7 Å². The standard InChI is InChI=1S/C11H20N4O2S/c1-3-6-15-7-9(10(12)14-15)18(16,17)13-8-11(2)4-5-11/h7,13H,3-6,8H2,1-2H3,(H2,12,14). The molecule has 102 valence electrons. The predicted octanol–water partition coefficient (Wildman–Crippen LogP) is 0.954. The van der Waals surface area contributed by atoms with Gasteiger partial charge < -0.3 is 5.73 Å². The lowest BCUT2D eigenvalue weighted by molar-refractivity contribution is 0.530. The van der Waals surface area contributed by atoms with Gasteiger partial charge in [-0.05, 0) is 24.7 Å². The van der Waals surface area contributed by atoms with Gasteiger partial charge in [0.1, 0.15) is 4.90 Å². The lowest BCUT2D eigenvalue weighted by atomic mass is 10.2. The monoisotopic (exact) mass is 272 g/mol. The zero-order chi connectivity index (χ0) is 13.4. The third-order valence-electron chi connectivity index (χ3n) is 3.29. The molecule has 0 atom stereocenters. The van der Waals surface area contributed by atoms with Crippen LogP contribution in [0, 0.1) is 5.41 Å². The number of aryl methyl sites for hydroxylation is 1. The van der Waals surface area contributed by atoms with E-state index in [1.807, 2.05) is 6.92 Å². The molecule has 1 heterocycles. The number of nitrogens with one attached hydrogen (secondary N) is 1. The van der Waals surface area contributed by atoms with Gasteiger partial charge in [-0.25, -0.2) is 13.1 Å². The number of anilines is 1. The second-order valence-electron chi connectivity index (χ2n) is 5.28. The van der Waals surface area contributed by atoms with E-state index in [2.05, 4.69) is 16.7 Å². The van der Waals surface area contributed by atoms with E-state index in [4.69, 9.17) is 5.73 Å². The highest BCUT2D eigenvalue weighted by Gasteiger charge is 2.38. The van der Waals surface area contributed by atoms with Crippen LogP contribution >= 0.6 is 0 Å². The molecule has 0 aromatic carbocycles. The van der Waals surface area contributed by atoms with E-state index < -0.39 is 10.0 Å². The van der Waals surface area contributed by atoms with E-state index in [1.54, 1.807) is 4.68 Å². The topological polar surface area (TPSA) is 90.0 Å². The second-order valence-corrected chi connectivity index (χ2v) is 7.01. The molecule has 1 aromatic rings. The first-order valence-electron chi connectivity index (χ1n) is 6.19. The molecule has 18 heavy (non-hydrogen) atoms. The van der Waals surface area contributed by atoms with Gasteiger partial charge in [0.15, 0.2) is 5.82 Å².